The Labute approximate surface area is 143 Å². The maximum atomic E-state index is 12.5. The third-order valence-electron chi connectivity index (χ3n) is 3.78. The van der Waals surface area contributed by atoms with Gasteiger partial charge in [-0.25, -0.2) is 0 Å². The summed E-state index contributed by atoms with van der Waals surface area (Å²) in [5.41, 5.74) is 0.941. The quantitative estimate of drug-likeness (QED) is 0.833. The lowest BCUT2D eigenvalue weighted by Crippen LogP contribution is -2.50. The van der Waals surface area contributed by atoms with Gasteiger partial charge in [-0.1, -0.05) is 23.2 Å². The van der Waals surface area contributed by atoms with Crippen molar-refractivity contribution in [1.82, 2.24) is 9.80 Å². The lowest BCUT2D eigenvalue weighted by atomic mass is 10.1. The van der Waals surface area contributed by atoms with Gasteiger partial charge >= 0.3 is 0 Å². The Morgan fingerprint density at radius 1 is 0.957 bits per heavy atom. The van der Waals surface area contributed by atoms with Crippen LogP contribution in [0.5, 0.6) is 0 Å². The van der Waals surface area contributed by atoms with Crippen molar-refractivity contribution in [3.8, 4) is 0 Å². The second kappa shape index (κ2) is 6.64. The molecule has 2 heterocycles. The molecule has 5 nitrogen and oxygen atoms in total. The smallest absolute Gasteiger partial charge is 0.257 e. The van der Waals surface area contributed by atoms with E-state index in [1.54, 1.807) is 34.1 Å². The number of amides is 2. The van der Waals surface area contributed by atoms with Crippen molar-refractivity contribution in [2.24, 2.45) is 0 Å². The lowest BCUT2D eigenvalue weighted by Gasteiger charge is -2.34. The number of nitrogens with zero attached hydrogens (tertiary/aromatic N) is 2. The van der Waals surface area contributed by atoms with Crippen LogP contribution in [0.3, 0.4) is 0 Å². The molecule has 1 saturated heterocycles. The molecule has 0 bridgehead atoms. The van der Waals surface area contributed by atoms with Crippen LogP contribution in [0.15, 0.2) is 41.2 Å². The van der Waals surface area contributed by atoms with E-state index >= 15 is 0 Å². The molecular weight excluding hydrogens is 339 g/mol. The molecule has 0 unspecified atom stereocenters. The van der Waals surface area contributed by atoms with Crippen molar-refractivity contribution in [3.05, 3.63) is 58.0 Å². The number of benzene rings is 1. The highest BCUT2D eigenvalue weighted by molar-refractivity contribution is 6.36. The zero-order valence-corrected chi connectivity index (χ0v) is 13.7. The molecule has 1 aromatic carbocycles. The molecule has 1 fully saturated rings. The van der Waals surface area contributed by atoms with Gasteiger partial charge in [0.15, 0.2) is 0 Å². The van der Waals surface area contributed by atoms with Crippen LogP contribution >= 0.6 is 23.2 Å². The Morgan fingerprint density at radius 2 is 1.61 bits per heavy atom. The highest BCUT2D eigenvalue weighted by Crippen LogP contribution is 2.23. The summed E-state index contributed by atoms with van der Waals surface area (Å²) in [4.78, 5) is 28.1. The first-order valence-electron chi connectivity index (χ1n) is 7.12. The Morgan fingerprint density at radius 3 is 2.17 bits per heavy atom. The predicted octanol–water partition coefficient (Wildman–Crippen LogP) is 3.18. The maximum Gasteiger partial charge on any atom is 0.257 e. The largest absolute Gasteiger partial charge is 0.472 e. The van der Waals surface area contributed by atoms with Crippen LogP contribution in [0.4, 0.5) is 0 Å². The van der Waals surface area contributed by atoms with Crippen LogP contribution in [0.2, 0.25) is 10.0 Å². The molecular formula is C16H14Cl2N2O3. The summed E-state index contributed by atoms with van der Waals surface area (Å²) in [5, 5.41) is 0.821. The van der Waals surface area contributed by atoms with E-state index in [0.29, 0.717) is 47.4 Å². The van der Waals surface area contributed by atoms with Crippen LogP contribution in [0, 0.1) is 0 Å². The number of hydrogen-bond donors (Lipinski definition) is 0. The summed E-state index contributed by atoms with van der Waals surface area (Å²) in [5.74, 6) is -0.238. The molecule has 1 aliphatic heterocycles. The van der Waals surface area contributed by atoms with Crippen LogP contribution in [0.25, 0.3) is 0 Å². The third kappa shape index (κ3) is 3.35. The average molecular weight is 353 g/mol. The molecule has 120 valence electrons. The number of halogens is 2. The summed E-state index contributed by atoms with van der Waals surface area (Å²) in [6, 6.07) is 6.44. The van der Waals surface area contributed by atoms with Crippen molar-refractivity contribution in [1.29, 1.82) is 0 Å². The third-order valence-corrected chi connectivity index (χ3v) is 4.33. The van der Waals surface area contributed by atoms with E-state index in [9.17, 15) is 9.59 Å². The summed E-state index contributed by atoms with van der Waals surface area (Å²) >= 11 is 11.9. The van der Waals surface area contributed by atoms with E-state index in [4.69, 9.17) is 27.6 Å². The zero-order valence-electron chi connectivity index (χ0n) is 12.2. The standard InChI is InChI=1S/C16H14Cl2N2O3/c17-12-1-2-13(14(18)9-12)16(22)20-6-4-19(5-7-20)15(21)11-3-8-23-10-11/h1-3,8-10H,4-7H2. The molecule has 1 aliphatic rings. The SMILES string of the molecule is O=C(c1ccoc1)N1CCN(C(=O)c2ccc(Cl)cc2Cl)CC1. The molecule has 7 heteroatoms. The number of rotatable bonds is 2. The fraction of sp³-hybridized carbons (Fsp3) is 0.250. The summed E-state index contributed by atoms with van der Waals surface area (Å²) in [7, 11) is 0. The lowest BCUT2D eigenvalue weighted by molar-refractivity contribution is 0.0535. The number of carbonyl (C=O) groups is 2. The number of piperazine rings is 1. The molecule has 0 N–H and O–H groups in total. The molecule has 0 radical (unpaired) electrons. The molecule has 1 aromatic heterocycles. The normalized spacial score (nSPS) is 14.9. The van der Waals surface area contributed by atoms with E-state index in [-0.39, 0.29) is 11.8 Å². The summed E-state index contributed by atoms with van der Waals surface area (Å²) < 4.78 is 4.93. The second-order valence-electron chi connectivity index (χ2n) is 5.22. The van der Waals surface area contributed by atoms with Gasteiger partial charge in [0.1, 0.15) is 6.26 Å². The zero-order chi connectivity index (χ0) is 16.4. The van der Waals surface area contributed by atoms with Gasteiger partial charge in [0.05, 0.1) is 22.4 Å². The highest BCUT2D eigenvalue weighted by Gasteiger charge is 2.26. The Kier molecular flexibility index (Phi) is 4.59. The van der Waals surface area contributed by atoms with Crippen LogP contribution in [-0.2, 0) is 0 Å². The molecule has 0 spiro atoms. The molecule has 3 rings (SSSR count). The van der Waals surface area contributed by atoms with Gasteiger partial charge in [0, 0.05) is 31.2 Å². The predicted molar refractivity (Wildman–Crippen MR) is 87.0 cm³/mol. The Hall–Kier alpha value is -1.98. The van der Waals surface area contributed by atoms with Crippen LogP contribution in [0.1, 0.15) is 20.7 Å². The number of furan rings is 1. The second-order valence-corrected chi connectivity index (χ2v) is 6.06. The minimum absolute atomic E-state index is 0.0876. The maximum absolute atomic E-state index is 12.5. The first-order valence-corrected chi connectivity index (χ1v) is 7.87. The molecule has 23 heavy (non-hydrogen) atoms. The van der Waals surface area contributed by atoms with Gasteiger partial charge in [-0.3, -0.25) is 9.59 Å². The molecule has 2 amide bonds. The van der Waals surface area contributed by atoms with Gasteiger partial charge in [-0.15, -0.1) is 0 Å². The van der Waals surface area contributed by atoms with E-state index in [0.717, 1.165) is 0 Å². The first-order chi connectivity index (χ1) is 11.1. The Balaban J connectivity index is 1.64. The average Bonchev–Trinajstić information content (AvgIpc) is 3.08. The molecule has 0 atom stereocenters. The van der Waals surface area contributed by atoms with Crippen LogP contribution in [-0.4, -0.2) is 47.8 Å². The van der Waals surface area contributed by atoms with E-state index in [2.05, 4.69) is 0 Å². The first kappa shape index (κ1) is 15.9. The fourth-order valence-electron chi connectivity index (χ4n) is 2.51. The monoisotopic (exact) mass is 352 g/mol. The number of carbonyl (C=O) groups excluding carboxylic acids is 2. The van der Waals surface area contributed by atoms with Crippen molar-refractivity contribution >= 4 is 35.0 Å². The van der Waals surface area contributed by atoms with Gasteiger partial charge in [-0.2, -0.15) is 0 Å². The van der Waals surface area contributed by atoms with Gasteiger partial charge in [-0.05, 0) is 24.3 Å². The van der Waals surface area contributed by atoms with Crippen molar-refractivity contribution in [3.63, 3.8) is 0 Å². The highest BCUT2D eigenvalue weighted by atomic mass is 35.5. The van der Waals surface area contributed by atoms with Gasteiger partial charge in [0.25, 0.3) is 11.8 Å². The van der Waals surface area contributed by atoms with E-state index in [1.165, 1.54) is 12.5 Å². The summed E-state index contributed by atoms with van der Waals surface area (Å²) in [6.45, 7) is 1.87. The molecule has 0 saturated carbocycles. The summed E-state index contributed by atoms with van der Waals surface area (Å²) in [6.07, 6.45) is 2.89. The van der Waals surface area contributed by atoms with Crippen molar-refractivity contribution < 1.29 is 14.0 Å². The van der Waals surface area contributed by atoms with E-state index in [1.807, 2.05) is 0 Å². The van der Waals surface area contributed by atoms with Crippen molar-refractivity contribution in [2.45, 2.75) is 0 Å². The van der Waals surface area contributed by atoms with Gasteiger partial charge in [0.2, 0.25) is 0 Å². The minimum Gasteiger partial charge on any atom is -0.472 e. The van der Waals surface area contributed by atoms with Crippen LogP contribution < -0.4 is 0 Å². The van der Waals surface area contributed by atoms with Gasteiger partial charge < -0.3 is 14.2 Å². The van der Waals surface area contributed by atoms with Crippen molar-refractivity contribution in [2.75, 3.05) is 26.2 Å². The fourth-order valence-corrected chi connectivity index (χ4v) is 3.00. The number of hydrogen-bond acceptors (Lipinski definition) is 3. The van der Waals surface area contributed by atoms with E-state index < -0.39 is 0 Å². The topological polar surface area (TPSA) is 53.8 Å². The molecule has 2 aromatic rings. The Bertz CT molecular complexity index is 723. The molecule has 0 aliphatic carbocycles. The minimum atomic E-state index is -0.151.